The van der Waals surface area contributed by atoms with Crippen molar-refractivity contribution in [2.75, 3.05) is 16.6 Å². The number of halogens is 2. The molecule has 4 rings (SSSR count). The summed E-state index contributed by atoms with van der Waals surface area (Å²) < 4.78 is 28.0. The third-order valence-corrected chi connectivity index (χ3v) is 6.09. The van der Waals surface area contributed by atoms with Crippen molar-refractivity contribution < 1.29 is 8.42 Å². The predicted octanol–water partition coefficient (Wildman–Crippen LogP) is 4.24. The lowest BCUT2D eigenvalue weighted by Crippen LogP contribution is -2.13. The van der Waals surface area contributed by atoms with Crippen molar-refractivity contribution in [1.29, 1.82) is 0 Å². The first kappa shape index (κ1) is 15.6. The fourth-order valence-electron chi connectivity index (χ4n) is 2.87. The predicted molar refractivity (Wildman–Crippen MR) is 97.8 cm³/mol. The quantitative estimate of drug-likeness (QED) is 0.634. The Balaban J connectivity index is 1.74. The summed E-state index contributed by atoms with van der Waals surface area (Å²) in [6, 6.07) is 10.4. The van der Waals surface area contributed by atoms with Crippen molar-refractivity contribution in [2.24, 2.45) is 0 Å². The van der Waals surface area contributed by atoms with E-state index in [0.717, 1.165) is 24.2 Å². The number of benzene rings is 2. The third-order valence-electron chi connectivity index (χ3n) is 4.00. The van der Waals surface area contributed by atoms with Crippen LogP contribution in [0.3, 0.4) is 0 Å². The summed E-state index contributed by atoms with van der Waals surface area (Å²) in [6.07, 6.45) is 0.872. The molecule has 0 aliphatic carbocycles. The van der Waals surface area contributed by atoms with Crippen LogP contribution in [0.15, 0.2) is 41.4 Å². The van der Waals surface area contributed by atoms with Gasteiger partial charge in [-0.1, -0.05) is 23.2 Å². The Kier molecular flexibility index (Phi) is 3.63. The van der Waals surface area contributed by atoms with Crippen LogP contribution in [0.5, 0.6) is 0 Å². The second kappa shape index (κ2) is 5.58. The zero-order valence-electron chi connectivity index (χ0n) is 12.4. The Labute approximate surface area is 149 Å². The third kappa shape index (κ3) is 2.60. The van der Waals surface area contributed by atoms with Gasteiger partial charge >= 0.3 is 0 Å². The normalized spacial score (nSPS) is 13.8. The molecular weight excluding hydrogens is 369 g/mol. The maximum absolute atomic E-state index is 12.7. The lowest BCUT2D eigenvalue weighted by atomic mass is 10.1. The Hall–Kier alpha value is -1.89. The van der Waals surface area contributed by atoms with Crippen LogP contribution in [0.2, 0.25) is 10.0 Å². The molecule has 3 N–H and O–H groups in total. The highest BCUT2D eigenvalue weighted by Gasteiger charge is 2.23. The van der Waals surface area contributed by atoms with E-state index in [4.69, 9.17) is 23.2 Å². The summed E-state index contributed by atoms with van der Waals surface area (Å²) >= 11 is 12.2. The first-order valence-electron chi connectivity index (χ1n) is 7.30. The summed E-state index contributed by atoms with van der Waals surface area (Å²) in [5, 5.41) is 4.36. The summed E-state index contributed by atoms with van der Waals surface area (Å²) in [7, 11) is -3.84. The van der Waals surface area contributed by atoms with E-state index in [0.29, 0.717) is 21.6 Å². The standard InChI is InChI=1S/C16H13Cl2N3O2S/c17-10-1-3-14-12(8-10)15(18)16(20-14)24(22,23)21-11-2-4-13-9(7-11)5-6-19-13/h1-4,7-8,19-21H,5-6H2. The van der Waals surface area contributed by atoms with Crippen molar-refractivity contribution >= 4 is 55.5 Å². The van der Waals surface area contributed by atoms with Crippen molar-refractivity contribution in [2.45, 2.75) is 11.4 Å². The van der Waals surface area contributed by atoms with E-state index in [1.807, 2.05) is 12.1 Å². The number of rotatable bonds is 3. The van der Waals surface area contributed by atoms with Gasteiger partial charge in [0.1, 0.15) is 0 Å². The van der Waals surface area contributed by atoms with E-state index in [-0.39, 0.29) is 10.0 Å². The summed E-state index contributed by atoms with van der Waals surface area (Å²) in [6.45, 7) is 0.861. The Morgan fingerprint density at radius 3 is 2.75 bits per heavy atom. The SMILES string of the molecule is O=S(=O)(Nc1ccc2c(c1)CCN2)c1[nH]c2ccc(Cl)cc2c1Cl. The maximum atomic E-state index is 12.7. The number of aromatic amines is 1. The van der Waals surface area contributed by atoms with Crippen LogP contribution in [0.25, 0.3) is 10.9 Å². The van der Waals surface area contributed by atoms with Gasteiger partial charge < -0.3 is 10.3 Å². The molecule has 0 amide bonds. The van der Waals surface area contributed by atoms with Crippen molar-refractivity contribution in [1.82, 2.24) is 4.98 Å². The van der Waals surface area contributed by atoms with E-state index >= 15 is 0 Å². The van der Waals surface area contributed by atoms with Crippen LogP contribution in [-0.4, -0.2) is 19.9 Å². The van der Waals surface area contributed by atoms with Crippen LogP contribution in [0.1, 0.15) is 5.56 Å². The lowest BCUT2D eigenvalue weighted by Gasteiger charge is -2.09. The minimum atomic E-state index is -3.84. The van der Waals surface area contributed by atoms with E-state index in [1.54, 1.807) is 24.3 Å². The van der Waals surface area contributed by atoms with Crippen LogP contribution in [0.4, 0.5) is 11.4 Å². The van der Waals surface area contributed by atoms with Gasteiger partial charge in [0.25, 0.3) is 10.0 Å². The van der Waals surface area contributed by atoms with Crippen LogP contribution >= 0.6 is 23.2 Å². The van der Waals surface area contributed by atoms with Crippen LogP contribution in [-0.2, 0) is 16.4 Å². The van der Waals surface area contributed by atoms with Crippen molar-refractivity contribution in [3.8, 4) is 0 Å². The first-order chi connectivity index (χ1) is 11.4. The number of hydrogen-bond acceptors (Lipinski definition) is 3. The molecule has 0 saturated heterocycles. The van der Waals surface area contributed by atoms with Gasteiger partial charge in [-0.2, -0.15) is 8.42 Å². The van der Waals surface area contributed by atoms with Crippen LogP contribution in [0, 0.1) is 0 Å². The first-order valence-corrected chi connectivity index (χ1v) is 9.54. The van der Waals surface area contributed by atoms with Gasteiger partial charge in [-0.25, -0.2) is 0 Å². The topological polar surface area (TPSA) is 74.0 Å². The van der Waals surface area contributed by atoms with E-state index in [9.17, 15) is 8.42 Å². The smallest absolute Gasteiger partial charge is 0.278 e. The van der Waals surface area contributed by atoms with E-state index in [1.165, 1.54) is 0 Å². The fraction of sp³-hybridized carbons (Fsp3) is 0.125. The Morgan fingerprint density at radius 1 is 1.08 bits per heavy atom. The van der Waals surface area contributed by atoms with Crippen molar-refractivity contribution in [3.05, 3.63) is 52.0 Å². The molecule has 8 heteroatoms. The Morgan fingerprint density at radius 2 is 1.92 bits per heavy atom. The summed E-state index contributed by atoms with van der Waals surface area (Å²) in [5.41, 5.74) is 3.24. The molecule has 2 heterocycles. The molecule has 1 aliphatic heterocycles. The summed E-state index contributed by atoms with van der Waals surface area (Å²) in [4.78, 5) is 2.85. The molecular formula is C16H13Cl2N3O2S. The minimum absolute atomic E-state index is 0.0694. The molecule has 0 saturated carbocycles. The van der Waals surface area contributed by atoms with Crippen molar-refractivity contribution in [3.63, 3.8) is 0 Å². The minimum Gasteiger partial charge on any atom is -0.384 e. The van der Waals surface area contributed by atoms with Gasteiger partial charge in [-0.05, 0) is 48.4 Å². The highest BCUT2D eigenvalue weighted by atomic mass is 35.5. The van der Waals surface area contributed by atoms with E-state index < -0.39 is 10.0 Å². The van der Waals surface area contributed by atoms with Gasteiger partial charge in [0.2, 0.25) is 0 Å². The number of H-pyrrole nitrogens is 1. The maximum Gasteiger partial charge on any atom is 0.278 e. The molecule has 5 nitrogen and oxygen atoms in total. The largest absolute Gasteiger partial charge is 0.384 e. The zero-order valence-corrected chi connectivity index (χ0v) is 14.7. The second-order valence-electron chi connectivity index (χ2n) is 5.61. The zero-order chi connectivity index (χ0) is 16.9. The number of nitrogens with one attached hydrogen (secondary N) is 3. The number of anilines is 2. The van der Waals surface area contributed by atoms with Gasteiger partial charge in [0.15, 0.2) is 5.03 Å². The Bertz CT molecular complexity index is 1060. The molecule has 0 atom stereocenters. The molecule has 1 aromatic heterocycles. The molecule has 0 fully saturated rings. The number of aromatic nitrogens is 1. The molecule has 0 radical (unpaired) electrons. The number of sulfonamides is 1. The fourth-order valence-corrected chi connectivity index (χ4v) is 4.68. The van der Waals surface area contributed by atoms with Gasteiger partial charge in [-0.15, -0.1) is 0 Å². The molecule has 2 aromatic carbocycles. The molecule has 3 aromatic rings. The molecule has 24 heavy (non-hydrogen) atoms. The molecule has 124 valence electrons. The molecule has 0 bridgehead atoms. The van der Waals surface area contributed by atoms with E-state index in [2.05, 4.69) is 15.0 Å². The lowest BCUT2D eigenvalue weighted by molar-refractivity contribution is 0.598. The molecule has 0 spiro atoms. The highest BCUT2D eigenvalue weighted by molar-refractivity contribution is 7.92. The van der Waals surface area contributed by atoms with Gasteiger partial charge in [0.05, 0.1) is 5.02 Å². The average molecular weight is 382 g/mol. The van der Waals surface area contributed by atoms with Gasteiger partial charge in [-0.3, -0.25) is 4.72 Å². The summed E-state index contributed by atoms with van der Waals surface area (Å²) in [5.74, 6) is 0. The highest BCUT2D eigenvalue weighted by Crippen LogP contribution is 2.33. The van der Waals surface area contributed by atoms with Crippen LogP contribution < -0.4 is 10.0 Å². The van der Waals surface area contributed by atoms with Gasteiger partial charge in [0, 0.05) is 33.8 Å². The molecule has 1 aliphatic rings. The molecule has 0 unspecified atom stereocenters. The average Bonchev–Trinajstić information content (AvgIpc) is 3.12. The monoisotopic (exact) mass is 381 g/mol. The number of hydrogen-bond donors (Lipinski definition) is 3. The second-order valence-corrected chi connectivity index (χ2v) is 8.05. The number of fused-ring (bicyclic) bond motifs is 2.